The van der Waals surface area contributed by atoms with Crippen LogP contribution in [-0.2, 0) is 14.3 Å². The molecule has 0 saturated heterocycles. The van der Waals surface area contributed by atoms with Gasteiger partial charge in [0.15, 0.2) is 0 Å². The SMILES string of the molecule is CCCCCCCCCCCCCCCCCCC(CC(=O)NC(CO)C(O)CCCCCCCCCCCCC)OC(=O)CCCCCCCCCCC. The number of hydrogen-bond donors (Lipinski definition) is 3. The number of aliphatic hydroxyl groups excluding tert-OH is 2. The summed E-state index contributed by atoms with van der Waals surface area (Å²) < 4.78 is 5.91. The highest BCUT2D eigenvalue weighted by Crippen LogP contribution is 2.18. The fourth-order valence-electron chi connectivity index (χ4n) is 7.90. The number of carbonyl (C=O) groups excluding carboxylic acids is 2. The highest BCUT2D eigenvalue weighted by atomic mass is 16.5. The fraction of sp³-hybridized carbons (Fsp3) is 0.959. The van der Waals surface area contributed by atoms with Gasteiger partial charge in [-0.25, -0.2) is 0 Å². The minimum Gasteiger partial charge on any atom is -0.462 e. The van der Waals surface area contributed by atoms with E-state index in [2.05, 4.69) is 26.1 Å². The van der Waals surface area contributed by atoms with E-state index in [0.717, 1.165) is 44.9 Å². The lowest BCUT2D eigenvalue weighted by molar-refractivity contribution is -0.151. The normalized spacial score (nSPS) is 13.2. The molecule has 55 heavy (non-hydrogen) atoms. The number of esters is 1. The zero-order chi connectivity index (χ0) is 40.3. The van der Waals surface area contributed by atoms with Crippen LogP contribution in [0.2, 0.25) is 0 Å². The number of aliphatic hydroxyl groups is 2. The van der Waals surface area contributed by atoms with E-state index in [9.17, 15) is 19.8 Å². The van der Waals surface area contributed by atoms with Crippen LogP contribution in [0.5, 0.6) is 0 Å². The van der Waals surface area contributed by atoms with E-state index in [1.54, 1.807) is 0 Å². The number of ether oxygens (including phenoxy) is 1. The van der Waals surface area contributed by atoms with Gasteiger partial charge in [0.25, 0.3) is 0 Å². The van der Waals surface area contributed by atoms with Gasteiger partial charge in [0.05, 0.1) is 25.2 Å². The van der Waals surface area contributed by atoms with Gasteiger partial charge in [0, 0.05) is 6.42 Å². The van der Waals surface area contributed by atoms with Crippen molar-refractivity contribution in [1.29, 1.82) is 0 Å². The average molecular weight is 780 g/mol. The third-order valence-corrected chi connectivity index (χ3v) is 11.7. The smallest absolute Gasteiger partial charge is 0.306 e. The molecule has 0 bridgehead atoms. The standard InChI is InChI=1S/C49H97NO5/c1-4-7-10-13-16-19-21-22-23-24-25-27-29-31-34-37-40-45(55-49(54)42-39-36-33-28-18-15-12-9-6-3)43-48(53)50-46(44-51)47(52)41-38-35-32-30-26-20-17-14-11-8-5-2/h45-47,51-52H,4-44H2,1-3H3,(H,50,53). The maximum atomic E-state index is 13.1. The first-order valence-corrected chi connectivity index (χ1v) is 24.8. The van der Waals surface area contributed by atoms with Gasteiger partial charge in [0.2, 0.25) is 5.91 Å². The molecule has 3 atom stereocenters. The number of unbranched alkanes of at least 4 members (excludes halogenated alkanes) is 33. The molecule has 0 aromatic heterocycles. The molecule has 0 rings (SSSR count). The molecule has 6 heteroatoms. The van der Waals surface area contributed by atoms with Crippen molar-refractivity contribution in [3.05, 3.63) is 0 Å². The van der Waals surface area contributed by atoms with Crippen molar-refractivity contribution in [2.75, 3.05) is 6.61 Å². The molecule has 0 radical (unpaired) electrons. The third-order valence-electron chi connectivity index (χ3n) is 11.7. The van der Waals surface area contributed by atoms with Crippen LogP contribution >= 0.6 is 0 Å². The highest BCUT2D eigenvalue weighted by Gasteiger charge is 2.24. The fourth-order valence-corrected chi connectivity index (χ4v) is 7.90. The summed E-state index contributed by atoms with van der Waals surface area (Å²) in [5.41, 5.74) is 0. The van der Waals surface area contributed by atoms with Crippen molar-refractivity contribution >= 4 is 11.9 Å². The van der Waals surface area contributed by atoms with Crippen LogP contribution in [0.1, 0.15) is 278 Å². The second-order valence-electron chi connectivity index (χ2n) is 17.2. The zero-order valence-corrected chi connectivity index (χ0v) is 37.3. The Kier molecular flexibility index (Phi) is 43.1. The number of hydrogen-bond acceptors (Lipinski definition) is 5. The first-order valence-electron chi connectivity index (χ1n) is 24.8. The van der Waals surface area contributed by atoms with Crippen LogP contribution in [0.25, 0.3) is 0 Å². The Morgan fingerprint density at radius 2 is 0.764 bits per heavy atom. The number of nitrogens with one attached hydrogen (secondary N) is 1. The van der Waals surface area contributed by atoms with E-state index in [4.69, 9.17) is 4.74 Å². The summed E-state index contributed by atoms with van der Waals surface area (Å²) in [5.74, 6) is -0.457. The molecule has 3 N–H and O–H groups in total. The quantitative estimate of drug-likeness (QED) is 0.0422. The zero-order valence-electron chi connectivity index (χ0n) is 37.3. The van der Waals surface area contributed by atoms with Gasteiger partial charge in [0.1, 0.15) is 6.10 Å². The Bertz CT molecular complexity index is 791. The van der Waals surface area contributed by atoms with Gasteiger partial charge in [-0.1, -0.05) is 239 Å². The van der Waals surface area contributed by atoms with Crippen molar-refractivity contribution in [1.82, 2.24) is 5.32 Å². The first kappa shape index (κ1) is 53.9. The van der Waals surface area contributed by atoms with Crippen molar-refractivity contribution in [3.63, 3.8) is 0 Å². The van der Waals surface area contributed by atoms with Gasteiger partial charge in [-0.2, -0.15) is 0 Å². The Labute approximate surface area is 343 Å². The van der Waals surface area contributed by atoms with Crippen molar-refractivity contribution in [2.24, 2.45) is 0 Å². The van der Waals surface area contributed by atoms with Crippen molar-refractivity contribution in [2.45, 2.75) is 296 Å². The van der Waals surface area contributed by atoms with Crippen LogP contribution < -0.4 is 5.32 Å². The van der Waals surface area contributed by atoms with E-state index < -0.39 is 18.2 Å². The molecular formula is C49H97NO5. The molecule has 0 fully saturated rings. The summed E-state index contributed by atoms with van der Waals surface area (Å²) in [5, 5.41) is 23.7. The number of amides is 1. The Hall–Kier alpha value is -1.14. The summed E-state index contributed by atoms with van der Waals surface area (Å²) in [6, 6.07) is -0.690. The molecule has 1 amide bonds. The molecule has 328 valence electrons. The average Bonchev–Trinajstić information content (AvgIpc) is 3.18. The molecular weight excluding hydrogens is 683 g/mol. The van der Waals surface area contributed by atoms with Gasteiger partial charge >= 0.3 is 5.97 Å². The summed E-state index contributed by atoms with van der Waals surface area (Å²) >= 11 is 0. The van der Waals surface area contributed by atoms with Gasteiger partial charge in [-0.3, -0.25) is 9.59 Å². The molecule has 0 heterocycles. The van der Waals surface area contributed by atoms with E-state index in [1.807, 2.05) is 0 Å². The third kappa shape index (κ3) is 39.5. The number of carbonyl (C=O) groups is 2. The van der Waals surface area contributed by atoms with E-state index in [1.165, 1.54) is 186 Å². The van der Waals surface area contributed by atoms with Crippen molar-refractivity contribution < 1.29 is 24.5 Å². The largest absolute Gasteiger partial charge is 0.462 e. The lowest BCUT2D eigenvalue weighted by atomic mass is 10.0. The van der Waals surface area contributed by atoms with Crippen LogP contribution in [0.4, 0.5) is 0 Å². The second kappa shape index (κ2) is 44.0. The Morgan fingerprint density at radius 1 is 0.455 bits per heavy atom. The van der Waals surface area contributed by atoms with Gasteiger partial charge in [-0.05, 0) is 25.7 Å². The molecule has 6 nitrogen and oxygen atoms in total. The molecule has 0 aliphatic rings. The second-order valence-corrected chi connectivity index (χ2v) is 17.2. The summed E-state index contributed by atoms with van der Waals surface area (Å²) in [6.07, 6.45) is 45.9. The maximum Gasteiger partial charge on any atom is 0.306 e. The predicted molar refractivity (Wildman–Crippen MR) is 237 cm³/mol. The first-order chi connectivity index (χ1) is 27.0. The van der Waals surface area contributed by atoms with Crippen LogP contribution in [-0.4, -0.2) is 46.9 Å². The summed E-state index contributed by atoms with van der Waals surface area (Å²) in [7, 11) is 0. The van der Waals surface area contributed by atoms with Crippen LogP contribution in [0, 0.1) is 0 Å². The molecule has 0 saturated carbocycles. The highest BCUT2D eigenvalue weighted by molar-refractivity contribution is 5.77. The van der Waals surface area contributed by atoms with Gasteiger partial charge in [-0.15, -0.1) is 0 Å². The topological polar surface area (TPSA) is 95.9 Å². The Morgan fingerprint density at radius 3 is 1.11 bits per heavy atom. The molecule has 0 aliphatic heterocycles. The lowest BCUT2D eigenvalue weighted by Crippen LogP contribution is -2.46. The molecule has 0 aromatic carbocycles. The Balaban J connectivity index is 4.49. The monoisotopic (exact) mass is 780 g/mol. The molecule has 3 unspecified atom stereocenters. The minimum atomic E-state index is -0.777. The summed E-state index contributed by atoms with van der Waals surface area (Å²) in [4.78, 5) is 26.0. The lowest BCUT2D eigenvalue weighted by Gasteiger charge is -2.24. The summed E-state index contributed by atoms with van der Waals surface area (Å²) in [6.45, 7) is 6.48. The van der Waals surface area contributed by atoms with Gasteiger partial charge < -0.3 is 20.3 Å². The minimum absolute atomic E-state index is 0.0872. The maximum absolute atomic E-state index is 13.1. The van der Waals surface area contributed by atoms with Crippen LogP contribution in [0.15, 0.2) is 0 Å². The van der Waals surface area contributed by atoms with Crippen LogP contribution in [0.3, 0.4) is 0 Å². The predicted octanol–water partition coefficient (Wildman–Crippen LogP) is 14.4. The molecule has 0 aromatic rings. The molecule has 0 spiro atoms. The van der Waals surface area contributed by atoms with Crippen molar-refractivity contribution in [3.8, 4) is 0 Å². The van der Waals surface area contributed by atoms with E-state index in [-0.39, 0.29) is 24.9 Å². The molecule has 0 aliphatic carbocycles. The van der Waals surface area contributed by atoms with E-state index in [0.29, 0.717) is 19.3 Å². The van der Waals surface area contributed by atoms with E-state index >= 15 is 0 Å². The number of rotatable bonds is 45.